The molecule has 0 aliphatic rings. The average molecular weight is 463 g/mol. The molecule has 0 aliphatic carbocycles. The van der Waals surface area contributed by atoms with Crippen molar-refractivity contribution in [2.24, 2.45) is 0 Å². The molecule has 7 nitrogen and oxygen atoms in total. The third kappa shape index (κ3) is 5.56. The van der Waals surface area contributed by atoms with Gasteiger partial charge in [-0.15, -0.1) is 5.10 Å². The molecule has 0 saturated carbocycles. The molecular weight excluding hydrogens is 443 g/mol. The summed E-state index contributed by atoms with van der Waals surface area (Å²) < 4.78 is 38.7. The lowest BCUT2D eigenvalue weighted by molar-refractivity contribution is 0.102. The van der Waals surface area contributed by atoms with E-state index < -0.39 is 21.5 Å². The first-order valence-electron chi connectivity index (χ1n) is 9.20. The van der Waals surface area contributed by atoms with E-state index in [4.69, 9.17) is 21.1 Å². The van der Waals surface area contributed by atoms with E-state index in [1.165, 1.54) is 24.5 Å². The monoisotopic (exact) mass is 462 g/mol. The van der Waals surface area contributed by atoms with Crippen molar-refractivity contribution < 1.29 is 18.1 Å². The smallest absolute Gasteiger partial charge is 0.261 e. The van der Waals surface area contributed by atoms with Gasteiger partial charge in [-0.05, 0) is 48.4 Å². The quantitative estimate of drug-likeness (QED) is 0.505. The van der Waals surface area contributed by atoms with E-state index in [0.717, 1.165) is 6.07 Å². The zero-order valence-electron chi connectivity index (χ0n) is 17.0. The van der Waals surface area contributed by atoms with Crippen LogP contribution in [0.3, 0.4) is 0 Å². The van der Waals surface area contributed by atoms with Gasteiger partial charge in [0.05, 0.1) is 20.4 Å². The predicted molar refractivity (Wildman–Crippen MR) is 117 cm³/mol. The number of benzene rings is 2. The topological polar surface area (TPSA) is 105 Å². The molecule has 2 N–H and O–H groups in total. The first-order valence-corrected chi connectivity index (χ1v) is 11.5. The summed E-state index contributed by atoms with van der Waals surface area (Å²) in [4.78, 5) is 13.3. The standard InChI is InChI=1S/C21H20ClFN4O3S/c1-12(2)18-11-16(20(28)25-14-5-4-6-15(10-14)31(3,24)29)21(27-26-18)30-19-8-7-13(23)9-17(19)22/h4-12,24H,1-3H3,(H,25,28). The lowest BCUT2D eigenvalue weighted by Crippen LogP contribution is -2.15. The maximum Gasteiger partial charge on any atom is 0.261 e. The average Bonchev–Trinajstić information content (AvgIpc) is 2.69. The summed E-state index contributed by atoms with van der Waals surface area (Å²) in [7, 11) is -2.94. The Kier molecular flexibility index (Phi) is 6.56. The van der Waals surface area contributed by atoms with E-state index in [1.807, 2.05) is 13.8 Å². The number of anilines is 1. The summed E-state index contributed by atoms with van der Waals surface area (Å²) in [6, 6.07) is 11.4. The molecule has 3 rings (SSSR count). The fourth-order valence-corrected chi connectivity index (χ4v) is 3.49. The molecule has 162 valence electrons. The highest BCUT2D eigenvalue weighted by atomic mass is 35.5. The SMILES string of the molecule is CC(C)c1cc(C(=O)Nc2cccc(S(C)(=N)=O)c2)c(Oc2ccc(F)cc2Cl)nn1. The van der Waals surface area contributed by atoms with Crippen LogP contribution in [0, 0.1) is 10.6 Å². The van der Waals surface area contributed by atoms with Gasteiger partial charge in [-0.2, -0.15) is 5.10 Å². The van der Waals surface area contributed by atoms with Crippen LogP contribution >= 0.6 is 11.6 Å². The van der Waals surface area contributed by atoms with E-state index in [9.17, 15) is 13.4 Å². The highest BCUT2D eigenvalue weighted by Gasteiger charge is 2.20. The number of nitrogens with one attached hydrogen (secondary N) is 2. The highest BCUT2D eigenvalue weighted by Crippen LogP contribution is 2.31. The van der Waals surface area contributed by atoms with Crippen LogP contribution in [0.4, 0.5) is 10.1 Å². The first kappa shape index (κ1) is 22.6. The van der Waals surface area contributed by atoms with Crippen LogP contribution < -0.4 is 10.1 Å². The zero-order chi connectivity index (χ0) is 22.8. The second-order valence-electron chi connectivity index (χ2n) is 7.15. The van der Waals surface area contributed by atoms with Crippen LogP contribution in [0.5, 0.6) is 11.6 Å². The molecule has 0 spiro atoms. The van der Waals surface area contributed by atoms with Gasteiger partial charge in [-0.3, -0.25) is 4.79 Å². The van der Waals surface area contributed by atoms with Gasteiger partial charge in [0, 0.05) is 16.8 Å². The third-order valence-electron chi connectivity index (χ3n) is 4.26. The van der Waals surface area contributed by atoms with Gasteiger partial charge in [0.25, 0.3) is 11.8 Å². The Morgan fingerprint density at radius 2 is 1.94 bits per heavy atom. The molecule has 1 atom stereocenters. The van der Waals surface area contributed by atoms with Crippen LogP contribution in [0.2, 0.25) is 5.02 Å². The Labute approximate surface area is 184 Å². The molecule has 2 aromatic carbocycles. The summed E-state index contributed by atoms with van der Waals surface area (Å²) in [5.41, 5.74) is 1.02. The van der Waals surface area contributed by atoms with Gasteiger partial charge in [0.1, 0.15) is 17.1 Å². The fraction of sp³-hybridized carbons (Fsp3) is 0.190. The number of amides is 1. The number of hydrogen-bond donors (Lipinski definition) is 2. The molecule has 0 saturated heterocycles. The van der Waals surface area contributed by atoms with Gasteiger partial charge >= 0.3 is 0 Å². The van der Waals surface area contributed by atoms with E-state index in [1.54, 1.807) is 24.3 Å². The van der Waals surface area contributed by atoms with Crippen molar-refractivity contribution in [3.8, 4) is 11.6 Å². The summed E-state index contributed by atoms with van der Waals surface area (Å²) in [6.45, 7) is 3.80. The molecule has 10 heteroatoms. The molecule has 31 heavy (non-hydrogen) atoms. The molecule has 3 aromatic rings. The lowest BCUT2D eigenvalue weighted by Gasteiger charge is -2.13. The number of carbonyl (C=O) groups is 1. The van der Waals surface area contributed by atoms with Crippen molar-refractivity contribution in [2.75, 3.05) is 11.6 Å². The van der Waals surface area contributed by atoms with Crippen molar-refractivity contribution in [1.29, 1.82) is 4.78 Å². The van der Waals surface area contributed by atoms with Crippen molar-refractivity contribution in [1.82, 2.24) is 10.2 Å². The van der Waals surface area contributed by atoms with Crippen LogP contribution in [0.25, 0.3) is 0 Å². The second kappa shape index (κ2) is 8.99. The Bertz CT molecular complexity index is 1250. The largest absolute Gasteiger partial charge is 0.435 e. The number of halogens is 2. The molecule has 1 unspecified atom stereocenters. The van der Waals surface area contributed by atoms with Crippen LogP contribution in [-0.4, -0.2) is 26.6 Å². The summed E-state index contributed by atoms with van der Waals surface area (Å²) in [6.07, 6.45) is 1.30. The number of nitrogens with zero attached hydrogens (tertiary/aromatic N) is 2. The maximum atomic E-state index is 13.3. The molecule has 0 bridgehead atoms. The number of rotatable bonds is 6. The summed E-state index contributed by atoms with van der Waals surface area (Å²) in [5.74, 6) is -1.07. The van der Waals surface area contributed by atoms with Crippen molar-refractivity contribution >= 4 is 32.9 Å². The molecule has 0 radical (unpaired) electrons. The maximum absolute atomic E-state index is 13.3. The Hall–Kier alpha value is -3.04. The van der Waals surface area contributed by atoms with Gasteiger partial charge in [-0.1, -0.05) is 31.5 Å². The van der Waals surface area contributed by atoms with Gasteiger partial charge in [0.2, 0.25) is 0 Å². The Morgan fingerprint density at radius 3 is 2.58 bits per heavy atom. The highest BCUT2D eigenvalue weighted by molar-refractivity contribution is 7.91. The number of ether oxygens (including phenoxy) is 1. The van der Waals surface area contributed by atoms with Gasteiger partial charge < -0.3 is 10.1 Å². The van der Waals surface area contributed by atoms with Crippen molar-refractivity contribution in [3.05, 3.63) is 70.6 Å². The fourth-order valence-electron chi connectivity index (χ4n) is 2.59. The molecule has 0 aliphatic heterocycles. The molecule has 1 amide bonds. The molecule has 1 aromatic heterocycles. The third-order valence-corrected chi connectivity index (χ3v) is 5.71. The summed E-state index contributed by atoms with van der Waals surface area (Å²) in [5, 5.41) is 10.8. The van der Waals surface area contributed by atoms with Crippen LogP contribution in [0.1, 0.15) is 35.8 Å². The Balaban J connectivity index is 1.98. The van der Waals surface area contributed by atoms with Gasteiger partial charge in [0.15, 0.2) is 0 Å². The van der Waals surface area contributed by atoms with Crippen molar-refractivity contribution in [3.63, 3.8) is 0 Å². The van der Waals surface area contributed by atoms with Crippen LogP contribution in [0.15, 0.2) is 53.4 Å². The number of carbonyl (C=O) groups excluding carboxylic acids is 1. The lowest BCUT2D eigenvalue weighted by atomic mass is 10.1. The molecule has 0 fully saturated rings. The van der Waals surface area contributed by atoms with E-state index in [2.05, 4.69) is 15.5 Å². The normalized spacial score (nSPS) is 13.0. The van der Waals surface area contributed by atoms with Crippen LogP contribution in [-0.2, 0) is 9.73 Å². The number of aromatic nitrogens is 2. The number of hydrogen-bond acceptors (Lipinski definition) is 6. The van der Waals surface area contributed by atoms with E-state index in [-0.39, 0.29) is 33.0 Å². The van der Waals surface area contributed by atoms with E-state index in [0.29, 0.717) is 11.4 Å². The minimum Gasteiger partial charge on any atom is -0.435 e. The second-order valence-corrected chi connectivity index (χ2v) is 9.71. The first-order chi connectivity index (χ1) is 14.5. The van der Waals surface area contributed by atoms with Crippen molar-refractivity contribution in [2.45, 2.75) is 24.7 Å². The minimum atomic E-state index is -2.94. The summed E-state index contributed by atoms with van der Waals surface area (Å²) >= 11 is 6.02. The van der Waals surface area contributed by atoms with E-state index >= 15 is 0 Å². The minimum absolute atomic E-state index is 0.000998. The Morgan fingerprint density at radius 1 is 1.19 bits per heavy atom. The molecular formula is C21H20ClFN4O3S. The predicted octanol–water partition coefficient (Wildman–Crippen LogP) is 5.47. The van der Waals surface area contributed by atoms with Gasteiger partial charge in [-0.25, -0.2) is 13.4 Å². The zero-order valence-corrected chi connectivity index (χ0v) is 18.6. The molecule has 1 heterocycles.